The summed E-state index contributed by atoms with van der Waals surface area (Å²) in [5, 5.41) is 5.02. The smallest absolute Gasteiger partial charge is 0.0547 e. The van der Waals surface area contributed by atoms with Crippen molar-refractivity contribution in [1.29, 1.82) is 0 Å². The van der Waals surface area contributed by atoms with Crippen molar-refractivity contribution >= 4 is 43.6 Å². The summed E-state index contributed by atoms with van der Waals surface area (Å²) >= 11 is 0. The lowest BCUT2D eigenvalue weighted by atomic mass is 9.92. The topological polar surface area (TPSA) is 9.86 Å². The third-order valence-electron chi connectivity index (χ3n) is 11.3. The van der Waals surface area contributed by atoms with Gasteiger partial charge in [0, 0.05) is 32.9 Å². The Hall–Kier alpha value is -7.42. The molecular formula is C54H36N2. The summed E-state index contributed by atoms with van der Waals surface area (Å²) in [5.41, 5.74) is 16.7. The Bertz CT molecular complexity index is 3030. The minimum Gasteiger partial charge on any atom is -0.309 e. The number of rotatable bonds is 6. The standard InChI is InChI=1S/C54H36N2/c1-4-14-37(15-5-1)38-24-26-39(27-25-38)42-32-43(40-28-30-49-47-20-10-12-22-51(47)55(53(49)35-40)45-16-6-2-7-17-45)34-44(33-42)41-29-31-50-48-21-11-13-23-52(48)56(54(50)36-41)46-18-8-3-9-19-46/h1-36H. The van der Waals surface area contributed by atoms with Crippen molar-refractivity contribution < 1.29 is 0 Å². The molecule has 11 rings (SSSR count). The molecule has 0 N–H and O–H groups in total. The maximum Gasteiger partial charge on any atom is 0.0547 e. The molecule has 0 atom stereocenters. The molecule has 0 aliphatic rings. The normalized spacial score (nSPS) is 11.6. The zero-order valence-corrected chi connectivity index (χ0v) is 30.7. The third kappa shape index (κ3) is 5.34. The fraction of sp³-hybridized carbons (Fsp3) is 0. The molecule has 0 amide bonds. The Labute approximate surface area is 325 Å². The molecule has 2 heterocycles. The zero-order chi connectivity index (χ0) is 37.0. The van der Waals surface area contributed by atoms with Crippen LogP contribution in [0.2, 0.25) is 0 Å². The highest BCUT2D eigenvalue weighted by Gasteiger charge is 2.17. The average molecular weight is 713 g/mol. The van der Waals surface area contributed by atoms with Crippen LogP contribution in [-0.2, 0) is 0 Å². The van der Waals surface area contributed by atoms with Crippen LogP contribution in [0.5, 0.6) is 0 Å². The summed E-state index contributed by atoms with van der Waals surface area (Å²) in [4.78, 5) is 0. The van der Waals surface area contributed by atoms with E-state index in [1.54, 1.807) is 0 Å². The molecule has 0 unspecified atom stereocenters. The lowest BCUT2D eigenvalue weighted by molar-refractivity contribution is 1.18. The molecule has 0 saturated heterocycles. The van der Waals surface area contributed by atoms with Gasteiger partial charge in [-0.1, -0.05) is 152 Å². The number of hydrogen-bond donors (Lipinski definition) is 0. The van der Waals surface area contributed by atoms with Crippen molar-refractivity contribution in [2.24, 2.45) is 0 Å². The number of benzene rings is 9. The van der Waals surface area contributed by atoms with Crippen LogP contribution < -0.4 is 0 Å². The van der Waals surface area contributed by atoms with E-state index in [1.807, 2.05) is 0 Å². The predicted octanol–water partition coefficient (Wildman–Crippen LogP) is 14.5. The van der Waals surface area contributed by atoms with Crippen LogP contribution in [0.15, 0.2) is 218 Å². The number of aromatic nitrogens is 2. The summed E-state index contributed by atoms with van der Waals surface area (Å²) in [5.74, 6) is 0. The van der Waals surface area contributed by atoms with Crippen LogP contribution in [0.1, 0.15) is 0 Å². The van der Waals surface area contributed by atoms with Crippen LogP contribution in [0.3, 0.4) is 0 Å². The first kappa shape index (κ1) is 32.0. The number of nitrogens with zero attached hydrogens (tertiary/aromatic N) is 2. The molecule has 0 spiro atoms. The van der Waals surface area contributed by atoms with E-state index >= 15 is 0 Å². The van der Waals surface area contributed by atoms with Gasteiger partial charge < -0.3 is 9.13 Å². The zero-order valence-electron chi connectivity index (χ0n) is 30.7. The molecule has 0 fully saturated rings. The van der Waals surface area contributed by atoms with E-state index in [2.05, 4.69) is 228 Å². The van der Waals surface area contributed by atoms with E-state index in [9.17, 15) is 0 Å². The number of hydrogen-bond acceptors (Lipinski definition) is 0. The van der Waals surface area contributed by atoms with Crippen molar-refractivity contribution in [1.82, 2.24) is 9.13 Å². The van der Waals surface area contributed by atoms with Gasteiger partial charge in [-0.05, 0) is 111 Å². The number of para-hydroxylation sites is 4. The van der Waals surface area contributed by atoms with Gasteiger partial charge in [0.15, 0.2) is 0 Å². The van der Waals surface area contributed by atoms with Gasteiger partial charge in [-0.25, -0.2) is 0 Å². The van der Waals surface area contributed by atoms with Gasteiger partial charge in [0.05, 0.1) is 22.1 Å². The maximum atomic E-state index is 2.40. The van der Waals surface area contributed by atoms with E-state index in [-0.39, 0.29) is 0 Å². The lowest BCUT2D eigenvalue weighted by Gasteiger charge is -2.14. The van der Waals surface area contributed by atoms with Crippen molar-refractivity contribution in [2.45, 2.75) is 0 Å². The first-order valence-corrected chi connectivity index (χ1v) is 19.3. The van der Waals surface area contributed by atoms with Crippen LogP contribution >= 0.6 is 0 Å². The van der Waals surface area contributed by atoms with Gasteiger partial charge in [0.2, 0.25) is 0 Å². The second-order valence-electron chi connectivity index (χ2n) is 14.6. The van der Waals surface area contributed by atoms with Gasteiger partial charge in [-0.15, -0.1) is 0 Å². The molecule has 2 aromatic heterocycles. The van der Waals surface area contributed by atoms with E-state index in [4.69, 9.17) is 0 Å². The maximum absolute atomic E-state index is 2.40. The van der Waals surface area contributed by atoms with Crippen molar-refractivity contribution in [3.8, 4) is 55.9 Å². The molecule has 2 nitrogen and oxygen atoms in total. The van der Waals surface area contributed by atoms with E-state index < -0.39 is 0 Å². The van der Waals surface area contributed by atoms with Crippen molar-refractivity contribution in [3.63, 3.8) is 0 Å². The Balaban J connectivity index is 1.13. The molecule has 2 heteroatoms. The molecule has 9 aromatic carbocycles. The molecular weight excluding hydrogens is 677 g/mol. The second kappa shape index (κ2) is 13.2. The summed E-state index contributed by atoms with van der Waals surface area (Å²) in [6, 6.07) is 79.5. The Morgan fingerprint density at radius 3 is 0.982 bits per heavy atom. The fourth-order valence-corrected chi connectivity index (χ4v) is 8.62. The summed E-state index contributed by atoms with van der Waals surface area (Å²) in [7, 11) is 0. The quantitative estimate of drug-likeness (QED) is 0.162. The van der Waals surface area contributed by atoms with Gasteiger partial charge in [-0.3, -0.25) is 0 Å². The van der Waals surface area contributed by atoms with Crippen molar-refractivity contribution in [3.05, 3.63) is 218 Å². The highest BCUT2D eigenvalue weighted by Crippen LogP contribution is 2.40. The molecule has 0 aliphatic carbocycles. The van der Waals surface area contributed by atoms with Gasteiger partial charge in [-0.2, -0.15) is 0 Å². The Morgan fingerprint density at radius 2 is 0.518 bits per heavy atom. The monoisotopic (exact) mass is 712 g/mol. The summed E-state index contributed by atoms with van der Waals surface area (Å²) < 4.78 is 4.80. The van der Waals surface area contributed by atoms with Crippen LogP contribution in [0, 0.1) is 0 Å². The third-order valence-corrected chi connectivity index (χ3v) is 11.3. The van der Waals surface area contributed by atoms with Gasteiger partial charge >= 0.3 is 0 Å². The molecule has 0 aliphatic heterocycles. The molecule has 56 heavy (non-hydrogen) atoms. The highest BCUT2D eigenvalue weighted by molar-refractivity contribution is 6.11. The first-order chi connectivity index (χ1) is 27.8. The summed E-state index contributed by atoms with van der Waals surface area (Å²) in [6.07, 6.45) is 0. The molecule has 0 bridgehead atoms. The molecule has 0 radical (unpaired) electrons. The van der Waals surface area contributed by atoms with Gasteiger partial charge in [0.1, 0.15) is 0 Å². The Morgan fingerprint density at radius 1 is 0.196 bits per heavy atom. The largest absolute Gasteiger partial charge is 0.309 e. The molecule has 0 saturated carbocycles. The molecule has 11 aromatic rings. The Kier molecular flexibility index (Phi) is 7.53. The first-order valence-electron chi connectivity index (χ1n) is 19.3. The predicted molar refractivity (Wildman–Crippen MR) is 237 cm³/mol. The number of fused-ring (bicyclic) bond motifs is 6. The highest BCUT2D eigenvalue weighted by atomic mass is 15.0. The fourth-order valence-electron chi connectivity index (χ4n) is 8.62. The van der Waals surface area contributed by atoms with Crippen LogP contribution in [0.4, 0.5) is 0 Å². The van der Waals surface area contributed by atoms with E-state index in [1.165, 1.54) is 88.1 Å². The van der Waals surface area contributed by atoms with Crippen LogP contribution in [-0.4, -0.2) is 9.13 Å². The minimum atomic E-state index is 1.16. The van der Waals surface area contributed by atoms with E-state index in [0.717, 1.165) is 11.4 Å². The minimum absolute atomic E-state index is 1.16. The lowest BCUT2D eigenvalue weighted by Crippen LogP contribution is -1.94. The second-order valence-corrected chi connectivity index (χ2v) is 14.6. The van der Waals surface area contributed by atoms with Gasteiger partial charge in [0.25, 0.3) is 0 Å². The molecule has 262 valence electrons. The SMILES string of the molecule is c1ccc(-c2ccc(-c3cc(-c4ccc5c6ccccc6n(-c6ccccc6)c5c4)cc(-c4ccc5c6ccccc6n(-c6ccccc6)c5c4)c3)cc2)cc1. The average Bonchev–Trinajstić information content (AvgIpc) is 3.79. The van der Waals surface area contributed by atoms with E-state index in [0.29, 0.717) is 0 Å². The van der Waals surface area contributed by atoms with Crippen molar-refractivity contribution in [2.75, 3.05) is 0 Å². The summed E-state index contributed by atoms with van der Waals surface area (Å²) in [6.45, 7) is 0. The van der Waals surface area contributed by atoms with Crippen LogP contribution in [0.25, 0.3) is 99.5 Å².